The number of esters is 1. The molecule has 5 aliphatic carbocycles. The number of carbonyl (C=O) groups excluding carboxylic acids is 1. The molecule has 1 unspecified atom stereocenters. The summed E-state index contributed by atoms with van der Waals surface area (Å²) in [7, 11) is 0. The van der Waals surface area contributed by atoms with E-state index in [-0.39, 0.29) is 17.5 Å². The van der Waals surface area contributed by atoms with Crippen LogP contribution in [0.15, 0.2) is 12.2 Å². The van der Waals surface area contributed by atoms with Gasteiger partial charge in [0, 0.05) is 11.8 Å². The van der Waals surface area contributed by atoms with Crippen LogP contribution >= 0.6 is 0 Å². The van der Waals surface area contributed by atoms with Gasteiger partial charge in [-0.25, -0.2) is 0 Å². The van der Waals surface area contributed by atoms with Gasteiger partial charge in [0.1, 0.15) is 6.10 Å². The Morgan fingerprint density at radius 1 is 0.822 bits per heavy atom. The molecule has 0 amide bonds. The monoisotopic (exact) mass is 625 g/mol. The Kier molecular flexibility index (Phi) is 10.4. The number of hydrogen-bond donors (Lipinski definition) is 1. The molecular weight excluding hydrogens is 552 g/mol. The third-order valence-electron chi connectivity index (χ3n) is 15.6. The van der Waals surface area contributed by atoms with Gasteiger partial charge in [0.05, 0.1) is 5.60 Å². The standard InChI is InChI=1S/C42H72O3/c1-9-10-11-12-13-14-15-16-17-20-36(43)45-35-24-27-41-30-42(41)29-28-39(7)32(31(2)19-18-25-37(3,4)44)23-26-40(39,8)34(42)22-21-33(41)38(35,5)6/h18,25,31-35,44H,9-17,19-24,26-30H2,1-8H3/b25-18-/t31-,32-,33?,34+,35+,39-,40+,41-,42+/m1/s1. The molecule has 3 heteroatoms. The number of carbonyl (C=O) groups is 1. The van der Waals surface area contributed by atoms with Crippen molar-refractivity contribution in [3.63, 3.8) is 0 Å². The van der Waals surface area contributed by atoms with Crippen LogP contribution in [0.5, 0.6) is 0 Å². The predicted molar refractivity (Wildman–Crippen MR) is 188 cm³/mol. The average molecular weight is 625 g/mol. The van der Waals surface area contributed by atoms with E-state index < -0.39 is 5.60 Å². The molecule has 3 nitrogen and oxygen atoms in total. The lowest BCUT2D eigenvalue weighted by Gasteiger charge is -2.63. The summed E-state index contributed by atoms with van der Waals surface area (Å²) in [6.45, 7) is 18.8. The van der Waals surface area contributed by atoms with Gasteiger partial charge < -0.3 is 9.84 Å². The van der Waals surface area contributed by atoms with Crippen molar-refractivity contribution in [2.24, 2.45) is 50.7 Å². The topological polar surface area (TPSA) is 46.5 Å². The molecule has 0 aromatic heterocycles. The van der Waals surface area contributed by atoms with Crippen LogP contribution in [-0.4, -0.2) is 22.8 Å². The molecular formula is C42H72O3. The van der Waals surface area contributed by atoms with E-state index in [0.717, 1.165) is 31.1 Å². The first-order chi connectivity index (χ1) is 21.2. The van der Waals surface area contributed by atoms with Crippen LogP contribution < -0.4 is 0 Å². The summed E-state index contributed by atoms with van der Waals surface area (Å²) >= 11 is 0. The van der Waals surface area contributed by atoms with E-state index in [9.17, 15) is 9.90 Å². The molecule has 5 aliphatic rings. The second-order valence-electron chi connectivity index (χ2n) is 18.8. The first-order valence-electron chi connectivity index (χ1n) is 19.8. The van der Waals surface area contributed by atoms with E-state index in [2.05, 4.69) is 47.6 Å². The summed E-state index contributed by atoms with van der Waals surface area (Å²) in [5.41, 5.74) is 1.22. The summed E-state index contributed by atoms with van der Waals surface area (Å²) in [6.07, 6.45) is 29.6. The van der Waals surface area contributed by atoms with Crippen LogP contribution in [0.4, 0.5) is 0 Å². The maximum absolute atomic E-state index is 13.0. The smallest absolute Gasteiger partial charge is 0.306 e. The normalized spacial score (nSPS) is 40.7. The predicted octanol–water partition coefficient (Wildman–Crippen LogP) is 11.6. The van der Waals surface area contributed by atoms with Gasteiger partial charge in [-0.05, 0) is 130 Å². The van der Waals surface area contributed by atoms with Gasteiger partial charge in [-0.3, -0.25) is 4.79 Å². The van der Waals surface area contributed by atoms with Crippen LogP contribution in [0.3, 0.4) is 0 Å². The molecule has 45 heavy (non-hydrogen) atoms. The maximum Gasteiger partial charge on any atom is 0.306 e. The van der Waals surface area contributed by atoms with Crippen molar-refractivity contribution in [3.8, 4) is 0 Å². The van der Waals surface area contributed by atoms with Crippen molar-refractivity contribution >= 4 is 5.97 Å². The van der Waals surface area contributed by atoms with Crippen molar-refractivity contribution in [1.82, 2.24) is 0 Å². The van der Waals surface area contributed by atoms with Crippen LogP contribution in [-0.2, 0) is 9.53 Å². The molecule has 9 atom stereocenters. The second kappa shape index (κ2) is 13.2. The Morgan fingerprint density at radius 2 is 1.44 bits per heavy atom. The SMILES string of the molecule is CCCCCCCCCCCC(=O)O[C@H]1CC[C@]23C[C@]24CC[C@]2(C)[C@@H]([C@H](C)C/C=C\C(C)(C)O)CC[C@@]2(C)[C@@H]4CCC3C1(C)C. The zero-order valence-electron chi connectivity index (χ0n) is 30.9. The highest BCUT2D eigenvalue weighted by molar-refractivity contribution is 5.69. The minimum atomic E-state index is -0.720. The van der Waals surface area contributed by atoms with E-state index in [1.165, 1.54) is 103 Å². The molecule has 0 saturated heterocycles. The lowest BCUT2D eigenvalue weighted by molar-refractivity contribution is -0.183. The van der Waals surface area contributed by atoms with Gasteiger partial charge >= 0.3 is 5.97 Å². The third-order valence-corrected chi connectivity index (χ3v) is 15.6. The van der Waals surface area contributed by atoms with Crippen molar-refractivity contribution in [2.75, 3.05) is 0 Å². The molecule has 258 valence electrons. The molecule has 0 heterocycles. The quantitative estimate of drug-likeness (QED) is 0.112. The molecule has 5 fully saturated rings. The molecule has 0 aromatic carbocycles. The van der Waals surface area contributed by atoms with Gasteiger partial charge in [-0.2, -0.15) is 0 Å². The fraction of sp³-hybridized carbons (Fsp3) is 0.929. The van der Waals surface area contributed by atoms with E-state index in [1.807, 2.05) is 19.9 Å². The van der Waals surface area contributed by atoms with Crippen molar-refractivity contribution in [2.45, 2.75) is 196 Å². The molecule has 5 saturated carbocycles. The highest BCUT2D eigenvalue weighted by atomic mass is 16.5. The highest BCUT2D eigenvalue weighted by Gasteiger charge is 2.82. The minimum Gasteiger partial charge on any atom is -0.462 e. The number of fused-ring (bicyclic) bond motifs is 2. The van der Waals surface area contributed by atoms with Gasteiger partial charge in [0.25, 0.3) is 0 Å². The Bertz CT molecular complexity index is 1050. The molecule has 5 rings (SSSR count). The fourth-order valence-corrected chi connectivity index (χ4v) is 13.0. The zero-order valence-corrected chi connectivity index (χ0v) is 30.9. The first-order valence-corrected chi connectivity index (χ1v) is 19.8. The highest BCUT2D eigenvalue weighted by Crippen LogP contribution is 2.89. The summed E-state index contributed by atoms with van der Waals surface area (Å²) in [4.78, 5) is 13.0. The third kappa shape index (κ3) is 6.37. The number of ether oxygens (including phenoxy) is 1. The lowest BCUT2D eigenvalue weighted by Crippen LogP contribution is -2.58. The van der Waals surface area contributed by atoms with Gasteiger partial charge in [0.2, 0.25) is 0 Å². The maximum atomic E-state index is 13.0. The molecule has 0 bridgehead atoms. The van der Waals surface area contributed by atoms with Gasteiger partial charge in [-0.15, -0.1) is 0 Å². The van der Waals surface area contributed by atoms with Crippen LogP contribution in [0.2, 0.25) is 0 Å². The number of hydrogen-bond acceptors (Lipinski definition) is 3. The number of unbranched alkanes of at least 4 members (excludes halogenated alkanes) is 8. The second-order valence-corrected chi connectivity index (χ2v) is 18.8. The molecule has 0 aromatic rings. The van der Waals surface area contributed by atoms with E-state index in [4.69, 9.17) is 4.74 Å². The van der Waals surface area contributed by atoms with Crippen molar-refractivity contribution in [1.29, 1.82) is 0 Å². The molecule has 0 radical (unpaired) electrons. The molecule has 0 aliphatic heterocycles. The number of aliphatic hydroxyl groups is 1. The van der Waals surface area contributed by atoms with Crippen LogP contribution in [0.25, 0.3) is 0 Å². The average Bonchev–Trinajstić information content (AvgIpc) is 3.54. The summed E-state index contributed by atoms with van der Waals surface area (Å²) in [5.74, 6) is 3.04. The molecule has 2 spiro atoms. The van der Waals surface area contributed by atoms with Crippen molar-refractivity contribution in [3.05, 3.63) is 12.2 Å². The number of allylic oxidation sites excluding steroid dienone is 1. The summed E-state index contributed by atoms with van der Waals surface area (Å²) < 4.78 is 6.36. The first kappa shape index (κ1) is 35.5. The largest absolute Gasteiger partial charge is 0.462 e. The Hall–Kier alpha value is -0.830. The minimum absolute atomic E-state index is 0.0654. The van der Waals surface area contributed by atoms with Crippen LogP contribution in [0.1, 0.15) is 184 Å². The zero-order chi connectivity index (χ0) is 32.7. The van der Waals surface area contributed by atoms with Gasteiger partial charge in [-0.1, -0.05) is 105 Å². The summed E-state index contributed by atoms with van der Waals surface area (Å²) in [6, 6.07) is 0. The van der Waals surface area contributed by atoms with E-state index in [1.54, 1.807) is 0 Å². The lowest BCUT2D eigenvalue weighted by atomic mass is 9.41. The van der Waals surface area contributed by atoms with Gasteiger partial charge in [0.15, 0.2) is 0 Å². The fourth-order valence-electron chi connectivity index (χ4n) is 13.0. The molecule has 1 N–H and O–H groups in total. The van der Waals surface area contributed by atoms with Crippen LogP contribution in [0, 0.1) is 50.7 Å². The van der Waals surface area contributed by atoms with Crippen molar-refractivity contribution < 1.29 is 14.6 Å². The Balaban J connectivity index is 1.17. The summed E-state index contributed by atoms with van der Waals surface area (Å²) in [5, 5.41) is 10.2. The number of rotatable bonds is 15. The Labute approximate surface area is 278 Å². The van der Waals surface area contributed by atoms with E-state index >= 15 is 0 Å². The Morgan fingerprint density at radius 3 is 2.11 bits per heavy atom. The van der Waals surface area contributed by atoms with E-state index in [0.29, 0.717) is 39.9 Å².